The van der Waals surface area contributed by atoms with Crippen LogP contribution in [0.3, 0.4) is 0 Å². The van der Waals surface area contributed by atoms with Gasteiger partial charge < -0.3 is 26.2 Å². The highest BCUT2D eigenvalue weighted by Crippen LogP contribution is 2.15. The van der Waals surface area contributed by atoms with Crippen molar-refractivity contribution in [2.45, 2.75) is 39.2 Å². The number of hydrogen-bond acceptors (Lipinski definition) is 5. The fourth-order valence-electron chi connectivity index (χ4n) is 0.714. The third-order valence-corrected chi connectivity index (χ3v) is 2.02. The van der Waals surface area contributed by atoms with E-state index in [1.807, 2.05) is 0 Å². The van der Waals surface area contributed by atoms with Gasteiger partial charge >= 0.3 is 17.9 Å². The fraction of sp³-hybridized carbons (Fsp3) is 0.636. The Bertz CT molecular complexity index is 380. The normalized spacial score (nSPS) is 11.0. The molecule has 0 aromatic heterocycles. The van der Waals surface area contributed by atoms with Gasteiger partial charge in [0.25, 0.3) is 0 Å². The molecule has 0 fully saturated rings. The number of rotatable bonds is 5. The van der Waals surface area contributed by atoms with Crippen LogP contribution in [0.4, 0.5) is 0 Å². The lowest BCUT2D eigenvalue weighted by Crippen LogP contribution is -2.42. The molecule has 9 nitrogen and oxygen atoms in total. The van der Waals surface area contributed by atoms with Crippen LogP contribution in [-0.4, -0.2) is 49.8 Å². The summed E-state index contributed by atoms with van der Waals surface area (Å²) in [4.78, 5) is 40.7. The maximum absolute atomic E-state index is 10.3. The van der Waals surface area contributed by atoms with Gasteiger partial charge in [-0.15, -0.1) is 0 Å². The number of aliphatic carboxylic acids is 3. The van der Waals surface area contributed by atoms with Crippen LogP contribution in [0.5, 0.6) is 0 Å². The number of nitrogens with two attached hydrogens (primary N) is 1. The van der Waals surface area contributed by atoms with Gasteiger partial charge in [-0.3, -0.25) is 14.4 Å². The molecular formula is C11H19NO8. The van der Waals surface area contributed by atoms with Crippen molar-refractivity contribution in [3.05, 3.63) is 0 Å². The molecule has 9 heteroatoms. The van der Waals surface area contributed by atoms with Crippen molar-refractivity contribution in [3.8, 4) is 0 Å². The summed E-state index contributed by atoms with van der Waals surface area (Å²) >= 11 is 0. The number of primary amides is 1. The molecule has 0 atom stereocenters. The summed E-state index contributed by atoms with van der Waals surface area (Å²) in [5.74, 6) is -5.28. The van der Waals surface area contributed by atoms with Crippen molar-refractivity contribution in [1.29, 1.82) is 0 Å². The van der Waals surface area contributed by atoms with Gasteiger partial charge in [-0.05, 0) is 0 Å². The van der Waals surface area contributed by atoms with Gasteiger partial charge in [-0.1, -0.05) is 20.8 Å². The second-order valence-electron chi connectivity index (χ2n) is 5.09. The minimum absolute atomic E-state index is 0.257. The number of carboxylic acids is 3. The largest absolute Gasteiger partial charge is 0.481 e. The Kier molecular flexibility index (Phi) is 7.50. The average molecular weight is 293 g/mol. The molecule has 0 saturated heterocycles. The SMILES string of the molecule is CC(C)(C)C(N)=O.O=C(O)CC(O)(CC(=O)O)C(=O)O. The summed E-state index contributed by atoms with van der Waals surface area (Å²) in [7, 11) is 0. The number of carboxylic acid groups (broad SMARTS) is 3. The Morgan fingerprint density at radius 1 is 0.900 bits per heavy atom. The molecule has 0 aromatic carbocycles. The zero-order chi connectivity index (χ0) is 16.7. The molecule has 0 radical (unpaired) electrons. The van der Waals surface area contributed by atoms with Crippen LogP contribution < -0.4 is 5.73 Å². The molecule has 0 unspecified atom stereocenters. The molecule has 6 N–H and O–H groups in total. The van der Waals surface area contributed by atoms with Crippen LogP contribution in [0.25, 0.3) is 0 Å². The molecule has 1 amide bonds. The standard InChI is InChI=1S/C6H8O7.C5H11NO/c7-3(8)1-6(13,5(11)12)2-4(9)10;1-5(2,3)4(6)7/h13H,1-2H2,(H,7,8)(H,9,10)(H,11,12);1-3H3,(H2,6,7). The lowest BCUT2D eigenvalue weighted by Gasteiger charge is -2.18. The third-order valence-electron chi connectivity index (χ3n) is 2.02. The first-order valence-corrected chi connectivity index (χ1v) is 5.41. The van der Waals surface area contributed by atoms with E-state index in [0.717, 1.165) is 0 Å². The number of aliphatic hydroxyl groups is 1. The van der Waals surface area contributed by atoms with Crippen molar-refractivity contribution >= 4 is 23.8 Å². The predicted molar refractivity (Wildman–Crippen MR) is 65.7 cm³/mol. The Hall–Kier alpha value is -2.16. The van der Waals surface area contributed by atoms with Crippen LogP contribution in [-0.2, 0) is 19.2 Å². The minimum Gasteiger partial charge on any atom is -0.481 e. The molecule has 116 valence electrons. The van der Waals surface area contributed by atoms with Gasteiger partial charge in [-0.25, -0.2) is 4.79 Å². The number of hydrogen-bond donors (Lipinski definition) is 5. The Labute approximate surface area is 115 Å². The molecule has 0 saturated carbocycles. The highest BCUT2D eigenvalue weighted by Gasteiger charge is 2.40. The second-order valence-corrected chi connectivity index (χ2v) is 5.09. The Morgan fingerprint density at radius 2 is 1.15 bits per heavy atom. The first-order chi connectivity index (χ1) is 8.72. The average Bonchev–Trinajstić information content (AvgIpc) is 2.13. The summed E-state index contributed by atoms with van der Waals surface area (Å²) < 4.78 is 0. The summed E-state index contributed by atoms with van der Waals surface area (Å²) in [6.07, 6.45) is -2.29. The maximum Gasteiger partial charge on any atom is 0.336 e. The van der Waals surface area contributed by atoms with Crippen LogP contribution in [0, 0.1) is 5.41 Å². The van der Waals surface area contributed by atoms with Gasteiger partial charge in [0.2, 0.25) is 5.91 Å². The molecule has 0 rings (SSSR count). The van der Waals surface area contributed by atoms with Crippen molar-refractivity contribution < 1.29 is 39.6 Å². The van der Waals surface area contributed by atoms with Crippen LogP contribution >= 0.6 is 0 Å². The Balaban J connectivity index is 0. The van der Waals surface area contributed by atoms with Crippen LogP contribution in [0.2, 0.25) is 0 Å². The summed E-state index contributed by atoms with van der Waals surface area (Å²) in [6.45, 7) is 5.36. The van der Waals surface area contributed by atoms with E-state index in [-0.39, 0.29) is 11.3 Å². The molecule has 0 spiro atoms. The zero-order valence-corrected chi connectivity index (χ0v) is 11.4. The fourth-order valence-corrected chi connectivity index (χ4v) is 0.714. The molecule has 20 heavy (non-hydrogen) atoms. The summed E-state index contributed by atoms with van der Waals surface area (Å²) in [5, 5.41) is 33.8. The van der Waals surface area contributed by atoms with E-state index >= 15 is 0 Å². The molecule has 0 aromatic rings. The van der Waals surface area contributed by atoms with Crippen LogP contribution in [0.1, 0.15) is 33.6 Å². The smallest absolute Gasteiger partial charge is 0.336 e. The van der Waals surface area contributed by atoms with Gasteiger partial charge in [0.15, 0.2) is 5.60 Å². The van der Waals surface area contributed by atoms with Gasteiger partial charge in [0, 0.05) is 5.41 Å². The van der Waals surface area contributed by atoms with E-state index in [2.05, 4.69) is 0 Å². The molecule has 0 aliphatic heterocycles. The molecule has 0 aliphatic rings. The van der Waals surface area contributed by atoms with E-state index in [4.69, 9.17) is 26.2 Å². The topological polar surface area (TPSA) is 175 Å². The van der Waals surface area contributed by atoms with E-state index in [1.165, 1.54) is 0 Å². The highest BCUT2D eigenvalue weighted by molar-refractivity contribution is 5.88. The number of carbonyl (C=O) groups excluding carboxylic acids is 1. The molecule has 0 bridgehead atoms. The van der Waals surface area contributed by atoms with Crippen molar-refractivity contribution in [2.75, 3.05) is 0 Å². The Morgan fingerprint density at radius 3 is 1.25 bits per heavy atom. The molecule has 0 heterocycles. The van der Waals surface area contributed by atoms with E-state index < -0.39 is 36.4 Å². The van der Waals surface area contributed by atoms with E-state index in [9.17, 15) is 19.2 Å². The molecule has 0 aliphatic carbocycles. The quantitative estimate of drug-likeness (QED) is 0.440. The zero-order valence-electron chi connectivity index (χ0n) is 11.4. The second kappa shape index (κ2) is 7.43. The van der Waals surface area contributed by atoms with Crippen LogP contribution in [0.15, 0.2) is 0 Å². The lowest BCUT2D eigenvalue weighted by atomic mass is 9.96. The monoisotopic (exact) mass is 293 g/mol. The van der Waals surface area contributed by atoms with Crippen molar-refractivity contribution in [3.63, 3.8) is 0 Å². The third kappa shape index (κ3) is 8.86. The first kappa shape index (κ1) is 20.2. The highest BCUT2D eigenvalue weighted by atomic mass is 16.4. The summed E-state index contributed by atoms with van der Waals surface area (Å²) in [5.41, 5.74) is 1.83. The predicted octanol–water partition coefficient (Wildman–Crippen LogP) is -0.731. The van der Waals surface area contributed by atoms with Gasteiger partial charge in [0.05, 0.1) is 12.8 Å². The van der Waals surface area contributed by atoms with Gasteiger partial charge in [0.1, 0.15) is 0 Å². The van der Waals surface area contributed by atoms with E-state index in [1.54, 1.807) is 20.8 Å². The lowest BCUT2D eigenvalue weighted by molar-refractivity contribution is -0.170. The maximum atomic E-state index is 10.3. The molecular weight excluding hydrogens is 274 g/mol. The first-order valence-electron chi connectivity index (χ1n) is 5.41. The number of carbonyl (C=O) groups is 4. The number of amides is 1. The van der Waals surface area contributed by atoms with Crippen molar-refractivity contribution in [1.82, 2.24) is 0 Å². The minimum atomic E-state index is -2.74. The van der Waals surface area contributed by atoms with Gasteiger partial charge in [-0.2, -0.15) is 0 Å². The summed E-state index contributed by atoms with van der Waals surface area (Å²) in [6, 6.07) is 0. The van der Waals surface area contributed by atoms with Crippen molar-refractivity contribution in [2.24, 2.45) is 11.1 Å². The van der Waals surface area contributed by atoms with E-state index in [0.29, 0.717) is 0 Å².